The van der Waals surface area contributed by atoms with Gasteiger partial charge in [0.15, 0.2) is 6.10 Å². The van der Waals surface area contributed by atoms with Crippen LogP contribution in [-0.4, -0.2) is 52.6 Å². The van der Waals surface area contributed by atoms with E-state index in [1.807, 2.05) is 0 Å². The van der Waals surface area contributed by atoms with Crippen LogP contribution in [-0.2, 0) is 4.79 Å². The minimum Gasteiger partial charge on any atom is -0.450 e. The summed E-state index contributed by atoms with van der Waals surface area (Å²) >= 11 is 0. The van der Waals surface area contributed by atoms with Gasteiger partial charge in [-0.15, -0.1) is 0 Å². The van der Waals surface area contributed by atoms with Gasteiger partial charge in [-0.05, 0) is 39.5 Å². The number of likely N-dealkylation sites (tertiary alicyclic amines) is 1. The Balaban J connectivity index is 1.83. The fourth-order valence-electron chi connectivity index (χ4n) is 3.05. The highest BCUT2D eigenvalue weighted by Gasteiger charge is 2.24. The number of carbonyl (C=O) groups excluding carboxylic acids is 1. The van der Waals surface area contributed by atoms with E-state index in [1.54, 1.807) is 20.8 Å². The lowest BCUT2D eigenvalue weighted by molar-refractivity contribution is -0.128. The fourth-order valence-corrected chi connectivity index (χ4v) is 3.05. The summed E-state index contributed by atoms with van der Waals surface area (Å²) in [6, 6.07) is 0.399. The Morgan fingerprint density at radius 3 is 2.32 bits per heavy atom. The highest BCUT2D eigenvalue weighted by molar-refractivity contribution is 5.80. The average molecular weight is 349 g/mol. The summed E-state index contributed by atoms with van der Waals surface area (Å²) in [6.45, 7) is 12.9. The molecule has 0 saturated carbocycles. The highest BCUT2D eigenvalue weighted by atomic mass is 16.5. The van der Waals surface area contributed by atoms with Gasteiger partial charge >= 0.3 is 6.01 Å². The number of nitrogens with zero attached hydrogens (tertiary/aromatic N) is 3. The van der Waals surface area contributed by atoms with Crippen molar-refractivity contribution in [1.82, 2.24) is 20.2 Å². The molecule has 1 saturated heterocycles. The van der Waals surface area contributed by atoms with Crippen molar-refractivity contribution in [2.45, 2.75) is 59.6 Å². The lowest BCUT2D eigenvalue weighted by Crippen LogP contribution is -2.48. The number of nitrogens with one attached hydrogen (secondary N) is 1. The number of hydrogen-bond acceptors (Lipinski definition) is 6. The zero-order valence-electron chi connectivity index (χ0n) is 16.0. The molecule has 1 atom stereocenters. The molecule has 0 radical (unpaired) electrons. The minimum atomic E-state index is -0.642. The van der Waals surface area contributed by atoms with Gasteiger partial charge < -0.3 is 20.7 Å². The Bertz CT molecular complexity index is 574. The van der Waals surface area contributed by atoms with E-state index in [4.69, 9.17) is 10.5 Å². The quantitative estimate of drug-likeness (QED) is 0.812. The molecular weight excluding hydrogens is 318 g/mol. The van der Waals surface area contributed by atoms with Crippen molar-refractivity contribution in [3.05, 3.63) is 11.4 Å². The van der Waals surface area contributed by atoms with Crippen LogP contribution in [0.25, 0.3) is 0 Å². The maximum Gasteiger partial charge on any atom is 0.317 e. The van der Waals surface area contributed by atoms with Crippen LogP contribution in [0.2, 0.25) is 0 Å². The number of aryl methyl sites for hydroxylation is 2. The summed E-state index contributed by atoms with van der Waals surface area (Å²) in [4.78, 5) is 23.2. The number of piperidine rings is 1. The molecule has 0 spiro atoms. The smallest absolute Gasteiger partial charge is 0.317 e. The third-order valence-electron chi connectivity index (χ3n) is 4.51. The molecule has 140 valence electrons. The Kier molecular flexibility index (Phi) is 6.58. The summed E-state index contributed by atoms with van der Waals surface area (Å²) in [7, 11) is 0. The van der Waals surface area contributed by atoms with Gasteiger partial charge in [-0.2, -0.15) is 9.97 Å². The number of amides is 1. The van der Waals surface area contributed by atoms with Crippen molar-refractivity contribution in [3.8, 4) is 6.01 Å². The number of nitrogens with two attached hydrogens (primary N) is 1. The van der Waals surface area contributed by atoms with Crippen LogP contribution in [0.3, 0.4) is 0 Å². The van der Waals surface area contributed by atoms with E-state index < -0.39 is 6.10 Å². The molecule has 2 rings (SSSR count). The van der Waals surface area contributed by atoms with E-state index in [0.717, 1.165) is 32.5 Å². The molecule has 3 N–H and O–H groups in total. The number of hydrogen-bond donors (Lipinski definition) is 2. The first-order valence-electron chi connectivity index (χ1n) is 9.06. The second-order valence-electron chi connectivity index (χ2n) is 7.33. The zero-order valence-corrected chi connectivity index (χ0v) is 16.0. The molecule has 1 amide bonds. The van der Waals surface area contributed by atoms with Crippen LogP contribution in [0.5, 0.6) is 6.01 Å². The average Bonchev–Trinajstić information content (AvgIpc) is 2.53. The van der Waals surface area contributed by atoms with Crippen molar-refractivity contribution < 1.29 is 9.53 Å². The standard InChI is InChI=1S/C18H31N5O2/c1-11(2)10-23-8-6-15(7-9-23)22-17(24)14(5)25-18-20-12(3)16(19)13(4)21-18/h11,14-15H,6-10,19H2,1-5H3,(H,22,24). The fraction of sp³-hybridized carbons (Fsp3) is 0.722. The SMILES string of the molecule is Cc1nc(OC(C)C(=O)NC2CCN(CC(C)C)CC2)nc(C)c1N. The van der Waals surface area contributed by atoms with Crippen LogP contribution in [0.15, 0.2) is 0 Å². The predicted molar refractivity (Wildman–Crippen MR) is 98.5 cm³/mol. The van der Waals surface area contributed by atoms with Gasteiger partial charge in [0.25, 0.3) is 5.91 Å². The first-order chi connectivity index (χ1) is 11.8. The Morgan fingerprint density at radius 2 is 1.80 bits per heavy atom. The van der Waals surface area contributed by atoms with Crippen LogP contribution in [0.1, 0.15) is 45.0 Å². The summed E-state index contributed by atoms with van der Waals surface area (Å²) < 4.78 is 5.61. The van der Waals surface area contributed by atoms with E-state index in [9.17, 15) is 4.79 Å². The summed E-state index contributed by atoms with van der Waals surface area (Å²) in [5, 5.41) is 3.08. The van der Waals surface area contributed by atoms with E-state index in [-0.39, 0.29) is 18.0 Å². The van der Waals surface area contributed by atoms with E-state index in [1.165, 1.54) is 0 Å². The molecule has 1 unspecified atom stereocenters. The lowest BCUT2D eigenvalue weighted by Gasteiger charge is -2.33. The molecule has 1 aliphatic heterocycles. The molecule has 25 heavy (non-hydrogen) atoms. The molecule has 1 aliphatic rings. The van der Waals surface area contributed by atoms with E-state index in [2.05, 4.69) is 34.0 Å². The monoisotopic (exact) mass is 349 g/mol. The Morgan fingerprint density at radius 1 is 1.24 bits per heavy atom. The maximum atomic E-state index is 12.4. The van der Waals surface area contributed by atoms with Gasteiger partial charge in [-0.1, -0.05) is 13.8 Å². The highest BCUT2D eigenvalue weighted by Crippen LogP contribution is 2.17. The van der Waals surface area contributed by atoms with Crippen LogP contribution in [0, 0.1) is 19.8 Å². The van der Waals surface area contributed by atoms with E-state index >= 15 is 0 Å². The number of anilines is 1. The molecular formula is C18H31N5O2. The number of nitrogen functional groups attached to an aromatic ring is 1. The largest absolute Gasteiger partial charge is 0.450 e. The third kappa shape index (κ3) is 5.56. The third-order valence-corrected chi connectivity index (χ3v) is 4.51. The molecule has 1 fully saturated rings. The maximum absolute atomic E-state index is 12.4. The number of carbonyl (C=O) groups is 1. The first-order valence-corrected chi connectivity index (χ1v) is 9.06. The summed E-state index contributed by atoms with van der Waals surface area (Å²) in [5.74, 6) is 0.546. The topological polar surface area (TPSA) is 93.4 Å². The van der Waals surface area contributed by atoms with Crippen LogP contribution < -0.4 is 15.8 Å². The van der Waals surface area contributed by atoms with Gasteiger partial charge in [0.05, 0.1) is 17.1 Å². The van der Waals surface area contributed by atoms with Gasteiger partial charge in [0.2, 0.25) is 0 Å². The molecule has 0 aliphatic carbocycles. The van der Waals surface area contributed by atoms with Crippen molar-refractivity contribution in [1.29, 1.82) is 0 Å². The molecule has 7 nitrogen and oxygen atoms in total. The molecule has 0 bridgehead atoms. The second-order valence-corrected chi connectivity index (χ2v) is 7.33. The second kappa shape index (κ2) is 8.47. The number of aromatic nitrogens is 2. The van der Waals surface area contributed by atoms with Crippen molar-refractivity contribution in [3.63, 3.8) is 0 Å². The molecule has 1 aromatic rings. The Labute approximate surface area is 150 Å². The van der Waals surface area contributed by atoms with E-state index in [0.29, 0.717) is 23.0 Å². The molecule has 2 heterocycles. The predicted octanol–water partition coefficient (Wildman–Crippen LogP) is 1.68. The van der Waals surface area contributed by atoms with Crippen LogP contribution in [0.4, 0.5) is 5.69 Å². The minimum absolute atomic E-state index is 0.127. The number of ether oxygens (including phenoxy) is 1. The van der Waals surface area contributed by atoms with Crippen molar-refractivity contribution in [2.24, 2.45) is 5.92 Å². The first kappa shape index (κ1) is 19.4. The van der Waals surface area contributed by atoms with Gasteiger partial charge in [0, 0.05) is 25.7 Å². The number of rotatable bonds is 6. The Hall–Kier alpha value is -1.89. The van der Waals surface area contributed by atoms with Gasteiger partial charge in [0.1, 0.15) is 0 Å². The molecule has 7 heteroatoms. The normalized spacial score (nSPS) is 17.5. The molecule has 0 aromatic carbocycles. The van der Waals surface area contributed by atoms with Gasteiger partial charge in [-0.25, -0.2) is 0 Å². The van der Waals surface area contributed by atoms with Gasteiger partial charge in [-0.3, -0.25) is 4.79 Å². The van der Waals surface area contributed by atoms with Crippen molar-refractivity contribution >= 4 is 11.6 Å². The molecule has 1 aromatic heterocycles. The summed E-state index contributed by atoms with van der Waals surface area (Å²) in [5.41, 5.74) is 7.72. The van der Waals surface area contributed by atoms with Crippen LogP contribution >= 0.6 is 0 Å². The van der Waals surface area contributed by atoms with Crippen molar-refractivity contribution in [2.75, 3.05) is 25.4 Å². The zero-order chi connectivity index (χ0) is 18.6. The summed E-state index contributed by atoms with van der Waals surface area (Å²) in [6.07, 6.45) is 1.31. The lowest BCUT2D eigenvalue weighted by atomic mass is 10.0.